The Balaban J connectivity index is 0. The molecule has 0 saturated carbocycles. The van der Waals surface area contributed by atoms with Crippen molar-refractivity contribution in [2.24, 2.45) is 0 Å². The fourth-order valence-corrected chi connectivity index (χ4v) is 1.34. The van der Waals surface area contributed by atoms with Gasteiger partial charge in [0.2, 0.25) is 0 Å². The van der Waals surface area contributed by atoms with Crippen molar-refractivity contribution >= 4 is 11.6 Å². The monoisotopic (exact) mass is 218 g/mol. The van der Waals surface area contributed by atoms with Gasteiger partial charge in [-0.3, -0.25) is 0 Å². The van der Waals surface area contributed by atoms with Gasteiger partial charge in [0, 0.05) is 11.6 Å². The van der Waals surface area contributed by atoms with Crippen LogP contribution in [0.2, 0.25) is 0 Å². The van der Waals surface area contributed by atoms with Gasteiger partial charge < -0.3 is 4.74 Å². The van der Waals surface area contributed by atoms with Crippen molar-refractivity contribution in [3.8, 4) is 0 Å². The molecule has 1 atom stereocenters. The minimum Gasteiger partial charge on any atom is -0.374 e. The second kappa shape index (κ2) is 10.8. The molecule has 0 spiro atoms. The van der Waals surface area contributed by atoms with Crippen molar-refractivity contribution < 1.29 is 4.74 Å². The van der Waals surface area contributed by atoms with Crippen LogP contribution in [0.5, 0.6) is 0 Å². The van der Waals surface area contributed by atoms with Crippen LogP contribution in [-0.4, -0.2) is 12.7 Å². The fourth-order valence-electron chi connectivity index (χ4n) is 1.07. The molecule has 1 unspecified atom stereocenters. The molecule has 0 aliphatic heterocycles. The van der Waals surface area contributed by atoms with Crippen LogP contribution in [0, 0.1) is 0 Å². The molecule has 84 valence electrons. The second-order valence-corrected chi connectivity index (χ2v) is 2.89. The predicted octanol–water partition coefficient (Wildman–Crippen LogP) is 4.53. The first-order chi connectivity index (χ1) is 6.67. The maximum Gasteiger partial charge on any atom is 0.0807 e. The van der Waals surface area contributed by atoms with Crippen molar-refractivity contribution in [1.82, 2.24) is 0 Å². The summed E-state index contributed by atoms with van der Waals surface area (Å²) in [4.78, 5) is 0. The predicted molar refractivity (Wildman–Crippen MR) is 65.8 cm³/mol. The molecule has 0 rings (SSSR count). The highest BCUT2D eigenvalue weighted by Crippen LogP contribution is 2.20. The average molecular weight is 219 g/mol. The third-order valence-electron chi connectivity index (χ3n) is 1.69. The largest absolute Gasteiger partial charge is 0.374 e. The fraction of sp³-hybridized carbons (Fsp3) is 0.667. The second-order valence-electron chi connectivity index (χ2n) is 2.48. The van der Waals surface area contributed by atoms with Gasteiger partial charge in [-0.1, -0.05) is 37.6 Å². The Labute approximate surface area is 93.8 Å². The smallest absolute Gasteiger partial charge is 0.0807 e. The standard InChI is InChI=1S/C10H17ClO.C2H6/c1-5-9(10(11)6-2)8(4)12-7-3;1-2/h5-6,8H,7H2,1-4H3;1-2H3/b9-5-,10-6+;. The van der Waals surface area contributed by atoms with Crippen LogP contribution in [0.25, 0.3) is 0 Å². The summed E-state index contributed by atoms with van der Waals surface area (Å²) < 4.78 is 5.42. The van der Waals surface area contributed by atoms with E-state index >= 15 is 0 Å². The van der Waals surface area contributed by atoms with Crippen molar-refractivity contribution in [2.45, 2.75) is 47.6 Å². The van der Waals surface area contributed by atoms with Crippen LogP contribution in [0.1, 0.15) is 41.5 Å². The molecule has 0 aliphatic rings. The minimum absolute atomic E-state index is 0.0868. The molecule has 0 amide bonds. The lowest BCUT2D eigenvalue weighted by Gasteiger charge is -2.14. The van der Waals surface area contributed by atoms with Gasteiger partial charge in [0.25, 0.3) is 0 Å². The van der Waals surface area contributed by atoms with Crippen molar-refractivity contribution in [3.05, 3.63) is 22.8 Å². The summed E-state index contributed by atoms with van der Waals surface area (Å²) in [6.45, 7) is 12.6. The number of hydrogen-bond acceptors (Lipinski definition) is 1. The van der Waals surface area contributed by atoms with Crippen molar-refractivity contribution in [1.29, 1.82) is 0 Å². The highest BCUT2D eigenvalue weighted by Gasteiger charge is 2.09. The van der Waals surface area contributed by atoms with E-state index in [9.17, 15) is 0 Å². The Kier molecular flexibility index (Phi) is 12.5. The molecular formula is C12H23ClO. The summed E-state index contributed by atoms with van der Waals surface area (Å²) >= 11 is 5.97. The van der Waals surface area contributed by atoms with Crippen LogP contribution in [0.15, 0.2) is 22.8 Å². The van der Waals surface area contributed by atoms with E-state index in [0.29, 0.717) is 6.61 Å². The first kappa shape index (κ1) is 16.2. The maximum atomic E-state index is 5.97. The number of rotatable bonds is 4. The zero-order valence-electron chi connectivity index (χ0n) is 10.2. The number of hydrogen-bond donors (Lipinski definition) is 0. The van der Waals surface area contributed by atoms with Gasteiger partial charge in [0.05, 0.1) is 6.10 Å². The van der Waals surface area contributed by atoms with E-state index in [1.165, 1.54) is 0 Å². The van der Waals surface area contributed by atoms with Crippen molar-refractivity contribution in [3.63, 3.8) is 0 Å². The summed E-state index contributed by atoms with van der Waals surface area (Å²) in [5, 5.41) is 0.776. The van der Waals surface area contributed by atoms with E-state index in [1.807, 2.05) is 53.7 Å². The van der Waals surface area contributed by atoms with Gasteiger partial charge >= 0.3 is 0 Å². The lowest BCUT2D eigenvalue weighted by Crippen LogP contribution is -2.11. The maximum absolute atomic E-state index is 5.97. The number of halogens is 1. The molecule has 0 saturated heterocycles. The van der Waals surface area contributed by atoms with E-state index in [2.05, 4.69) is 0 Å². The van der Waals surface area contributed by atoms with E-state index in [4.69, 9.17) is 16.3 Å². The molecule has 0 heterocycles. The average Bonchev–Trinajstić information content (AvgIpc) is 2.22. The van der Waals surface area contributed by atoms with Gasteiger partial charge in [-0.2, -0.15) is 0 Å². The van der Waals surface area contributed by atoms with Gasteiger partial charge in [0.15, 0.2) is 0 Å². The van der Waals surface area contributed by atoms with Gasteiger partial charge in [-0.15, -0.1) is 0 Å². The highest BCUT2D eigenvalue weighted by atomic mass is 35.5. The summed E-state index contributed by atoms with van der Waals surface area (Å²) in [6, 6.07) is 0. The SMILES string of the molecule is C/C=C(\C(Cl)=C/C)C(C)OCC.CC. The molecule has 0 N–H and O–H groups in total. The Morgan fingerprint density at radius 3 is 2.07 bits per heavy atom. The lowest BCUT2D eigenvalue weighted by atomic mass is 10.1. The molecule has 2 heteroatoms. The van der Waals surface area contributed by atoms with Crippen LogP contribution in [0.4, 0.5) is 0 Å². The summed E-state index contributed by atoms with van der Waals surface area (Å²) in [5.41, 5.74) is 1.06. The molecule has 0 aromatic rings. The van der Waals surface area contributed by atoms with E-state index in [-0.39, 0.29) is 6.10 Å². The Hall–Kier alpha value is -0.270. The topological polar surface area (TPSA) is 9.23 Å². The minimum atomic E-state index is 0.0868. The Bertz CT molecular complexity index is 183. The van der Waals surface area contributed by atoms with E-state index in [1.54, 1.807) is 0 Å². The quantitative estimate of drug-likeness (QED) is 0.631. The van der Waals surface area contributed by atoms with Gasteiger partial charge in [-0.05, 0) is 33.3 Å². The Morgan fingerprint density at radius 2 is 1.79 bits per heavy atom. The summed E-state index contributed by atoms with van der Waals surface area (Å²) in [6.07, 6.45) is 3.96. The first-order valence-corrected chi connectivity index (χ1v) is 5.65. The molecule has 0 radical (unpaired) electrons. The third-order valence-corrected chi connectivity index (χ3v) is 2.13. The first-order valence-electron chi connectivity index (χ1n) is 5.27. The van der Waals surface area contributed by atoms with Crippen LogP contribution >= 0.6 is 11.6 Å². The van der Waals surface area contributed by atoms with Gasteiger partial charge in [0.1, 0.15) is 0 Å². The zero-order valence-corrected chi connectivity index (χ0v) is 11.0. The summed E-state index contributed by atoms with van der Waals surface area (Å²) in [7, 11) is 0. The number of ether oxygens (including phenoxy) is 1. The normalized spacial score (nSPS) is 14.5. The van der Waals surface area contributed by atoms with Gasteiger partial charge in [-0.25, -0.2) is 0 Å². The van der Waals surface area contributed by atoms with E-state index < -0.39 is 0 Å². The Morgan fingerprint density at radius 1 is 1.29 bits per heavy atom. The molecule has 1 nitrogen and oxygen atoms in total. The van der Waals surface area contributed by atoms with Crippen LogP contribution < -0.4 is 0 Å². The molecule has 0 aromatic heterocycles. The molecule has 0 fully saturated rings. The number of allylic oxidation sites excluding steroid dienone is 2. The van der Waals surface area contributed by atoms with Crippen LogP contribution in [-0.2, 0) is 4.74 Å². The summed E-state index contributed by atoms with van der Waals surface area (Å²) in [5.74, 6) is 0. The van der Waals surface area contributed by atoms with E-state index in [0.717, 1.165) is 10.6 Å². The zero-order chi connectivity index (χ0) is 11.6. The van der Waals surface area contributed by atoms with Crippen LogP contribution in [0.3, 0.4) is 0 Å². The van der Waals surface area contributed by atoms with Crippen molar-refractivity contribution in [2.75, 3.05) is 6.61 Å². The molecule has 0 aromatic carbocycles. The molecule has 0 aliphatic carbocycles. The molecule has 14 heavy (non-hydrogen) atoms. The lowest BCUT2D eigenvalue weighted by molar-refractivity contribution is 0.103. The highest BCUT2D eigenvalue weighted by molar-refractivity contribution is 6.32. The third kappa shape index (κ3) is 6.22. The molecule has 0 bridgehead atoms. The molecular weight excluding hydrogens is 196 g/mol.